The Bertz CT molecular complexity index is 342. The molecular formula is C13H18Cl2Si. The van der Waals surface area contributed by atoms with Gasteiger partial charge in [-0.05, 0) is 23.1 Å². The molecule has 0 radical (unpaired) electrons. The standard InChI is InChI=1S/C13H18Cl2Si/c1-13(10-6-3-7-11-13)16(14,15)12-8-4-2-5-9-12/h2,4-5,8-9H,3,6-7,10-11H2,1H3. The summed E-state index contributed by atoms with van der Waals surface area (Å²) in [4.78, 5) is 0. The summed E-state index contributed by atoms with van der Waals surface area (Å²) in [6.45, 7) is -0.0752. The molecule has 0 nitrogen and oxygen atoms in total. The maximum atomic E-state index is 6.79. The third-order valence-electron chi connectivity index (χ3n) is 3.85. The topological polar surface area (TPSA) is 0 Å². The van der Waals surface area contributed by atoms with Crippen molar-refractivity contribution in [2.75, 3.05) is 0 Å². The first-order chi connectivity index (χ1) is 7.56. The molecule has 0 bridgehead atoms. The van der Waals surface area contributed by atoms with Crippen LogP contribution in [0.15, 0.2) is 30.3 Å². The molecule has 3 heteroatoms. The van der Waals surface area contributed by atoms with Gasteiger partial charge < -0.3 is 0 Å². The summed E-state index contributed by atoms with van der Waals surface area (Å²) >= 11 is 13.6. The van der Waals surface area contributed by atoms with Crippen LogP contribution in [0.3, 0.4) is 0 Å². The van der Waals surface area contributed by atoms with Crippen LogP contribution in [-0.4, -0.2) is 6.69 Å². The minimum absolute atomic E-state index is 0.149. The Balaban J connectivity index is 2.30. The number of benzene rings is 1. The van der Waals surface area contributed by atoms with Gasteiger partial charge in [-0.3, -0.25) is 0 Å². The first-order valence-electron chi connectivity index (χ1n) is 6.00. The highest BCUT2D eigenvalue weighted by molar-refractivity contribution is 7.52. The van der Waals surface area contributed by atoms with Crippen LogP contribution in [0.5, 0.6) is 0 Å². The van der Waals surface area contributed by atoms with E-state index in [9.17, 15) is 0 Å². The summed E-state index contributed by atoms with van der Waals surface area (Å²) in [6, 6.07) is 10.3. The summed E-state index contributed by atoms with van der Waals surface area (Å²) in [7, 11) is 0. The van der Waals surface area contributed by atoms with E-state index in [0.717, 1.165) is 0 Å². The second-order valence-electron chi connectivity index (χ2n) is 5.06. The Hall–Kier alpha value is 0.0169. The van der Waals surface area contributed by atoms with Crippen LogP contribution in [0.4, 0.5) is 0 Å². The number of halogens is 2. The average Bonchev–Trinajstić information content (AvgIpc) is 2.31. The van der Waals surface area contributed by atoms with Crippen molar-refractivity contribution >= 4 is 34.0 Å². The predicted octanol–water partition coefficient (Wildman–Crippen LogP) is 4.54. The molecule has 1 aromatic rings. The van der Waals surface area contributed by atoms with E-state index < -0.39 is 6.69 Å². The zero-order valence-electron chi connectivity index (χ0n) is 9.68. The predicted molar refractivity (Wildman–Crippen MR) is 75.0 cm³/mol. The summed E-state index contributed by atoms with van der Waals surface area (Å²) < 4.78 is 0. The van der Waals surface area contributed by atoms with Crippen LogP contribution in [0, 0.1) is 0 Å². The average molecular weight is 273 g/mol. The van der Waals surface area contributed by atoms with E-state index in [0.29, 0.717) is 0 Å². The lowest BCUT2D eigenvalue weighted by Crippen LogP contribution is -2.48. The molecule has 0 aliphatic heterocycles. The van der Waals surface area contributed by atoms with Crippen LogP contribution < -0.4 is 5.19 Å². The highest BCUT2D eigenvalue weighted by atomic mass is 35.7. The Morgan fingerprint density at radius 3 is 2.12 bits per heavy atom. The molecule has 1 aliphatic rings. The van der Waals surface area contributed by atoms with Gasteiger partial charge in [0.2, 0.25) is 0 Å². The van der Waals surface area contributed by atoms with Gasteiger partial charge in [-0.15, -0.1) is 22.2 Å². The van der Waals surface area contributed by atoms with E-state index in [-0.39, 0.29) is 5.04 Å². The first kappa shape index (κ1) is 12.5. The molecule has 1 aromatic carbocycles. The molecule has 88 valence electrons. The van der Waals surface area contributed by atoms with Crippen LogP contribution >= 0.6 is 22.2 Å². The molecule has 0 unspecified atom stereocenters. The molecule has 2 rings (SSSR count). The molecule has 0 N–H and O–H groups in total. The SMILES string of the molecule is CC1([Si](Cl)(Cl)c2ccccc2)CCCCC1. The molecular weight excluding hydrogens is 255 g/mol. The van der Waals surface area contributed by atoms with Crippen LogP contribution in [0.1, 0.15) is 39.0 Å². The van der Waals surface area contributed by atoms with Gasteiger partial charge in [-0.2, -0.15) is 0 Å². The molecule has 0 aromatic heterocycles. The summed E-state index contributed by atoms with van der Waals surface area (Å²) in [5.74, 6) is 0. The van der Waals surface area contributed by atoms with Crippen molar-refractivity contribution in [2.45, 2.75) is 44.1 Å². The molecule has 0 heterocycles. The van der Waals surface area contributed by atoms with Crippen LogP contribution in [0.2, 0.25) is 5.04 Å². The fourth-order valence-electron chi connectivity index (χ4n) is 2.64. The molecule has 0 atom stereocenters. The minimum atomic E-state index is -2.36. The van der Waals surface area contributed by atoms with Crippen molar-refractivity contribution in [1.82, 2.24) is 0 Å². The normalized spacial score (nSPS) is 20.7. The smallest absolute Gasteiger partial charge is 0.139 e. The maximum Gasteiger partial charge on any atom is 0.286 e. The van der Waals surface area contributed by atoms with Gasteiger partial charge in [0.05, 0.1) is 0 Å². The Labute approximate surface area is 108 Å². The van der Waals surface area contributed by atoms with Crippen LogP contribution in [0.25, 0.3) is 0 Å². The van der Waals surface area contributed by atoms with Crippen LogP contribution in [-0.2, 0) is 0 Å². The summed E-state index contributed by atoms with van der Waals surface area (Å²) in [6.07, 6.45) is 6.25. The Kier molecular flexibility index (Phi) is 3.68. The van der Waals surface area contributed by atoms with E-state index in [4.69, 9.17) is 22.2 Å². The van der Waals surface area contributed by atoms with E-state index >= 15 is 0 Å². The lowest BCUT2D eigenvalue weighted by Gasteiger charge is -2.41. The molecule has 0 saturated heterocycles. The van der Waals surface area contributed by atoms with Gasteiger partial charge in [0.25, 0.3) is 6.69 Å². The Morgan fingerprint density at radius 2 is 1.56 bits per heavy atom. The third-order valence-corrected chi connectivity index (χ3v) is 11.0. The molecule has 16 heavy (non-hydrogen) atoms. The third kappa shape index (κ3) is 2.18. The lowest BCUT2D eigenvalue weighted by atomic mass is 9.90. The highest BCUT2D eigenvalue weighted by Gasteiger charge is 2.50. The number of hydrogen-bond donors (Lipinski definition) is 0. The van der Waals surface area contributed by atoms with Gasteiger partial charge in [0, 0.05) is 0 Å². The fraction of sp³-hybridized carbons (Fsp3) is 0.538. The number of hydrogen-bond acceptors (Lipinski definition) is 0. The summed E-state index contributed by atoms with van der Waals surface area (Å²) in [5, 5.41) is 1.32. The van der Waals surface area contributed by atoms with Crippen molar-refractivity contribution in [2.24, 2.45) is 0 Å². The van der Waals surface area contributed by atoms with Crippen molar-refractivity contribution in [3.05, 3.63) is 30.3 Å². The van der Waals surface area contributed by atoms with E-state index in [1.807, 2.05) is 18.2 Å². The second kappa shape index (κ2) is 4.71. The zero-order valence-corrected chi connectivity index (χ0v) is 12.2. The quantitative estimate of drug-likeness (QED) is 0.548. The molecule has 0 amide bonds. The minimum Gasteiger partial charge on any atom is -0.139 e. The van der Waals surface area contributed by atoms with Crippen molar-refractivity contribution in [1.29, 1.82) is 0 Å². The lowest BCUT2D eigenvalue weighted by molar-refractivity contribution is 0.397. The number of rotatable bonds is 2. The van der Waals surface area contributed by atoms with E-state index in [1.165, 1.54) is 37.3 Å². The fourth-order valence-corrected chi connectivity index (χ4v) is 6.82. The van der Waals surface area contributed by atoms with Gasteiger partial charge in [-0.25, -0.2) is 0 Å². The first-order valence-corrected chi connectivity index (χ1v) is 10.0. The van der Waals surface area contributed by atoms with Gasteiger partial charge >= 0.3 is 0 Å². The van der Waals surface area contributed by atoms with E-state index in [2.05, 4.69) is 19.1 Å². The molecule has 1 fully saturated rings. The van der Waals surface area contributed by atoms with Crippen molar-refractivity contribution < 1.29 is 0 Å². The van der Waals surface area contributed by atoms with Crippen molar-refractivity contribution in [3.8, 4) is 0 Å². The van der Waals surface area contributed by atoms with Gasteiger partial charge in [-0.1, -0.05) is 56.5 Å². The Morgan fingerprint density at radius 1 is 1.00 bits per heavy atom. The maximum absolute atomic E-state index is 6.79. The van der Waals surface area contributed by atoms with Gasteiger partial charge in [0.15, 0.2) is 0 Å². The second-order valence-corrected chi connectivity index (χ2v) is 12.0. The van der Waals surface area contributed by atoms with Crippen molar-refractivity contribution in [3.63, 3.8) is 0 Å². The monoisotopic (exact) mass is 272 g/mol. The molecule has 1 saturated carbocycles. The van der Waals surface area contributed by atoms with E-state index in [1.54, 1.807) is 0 Å². The molecule has 0 spiro atoms. The molecule has 1 aliphatic carbocycles. The zero-order chi connectivity index (χ0) is 11.6. The van der Waals surface area contributed by atoms with Gasteiger partial charge in [0.1, 0.15) is 0 Å². The highest BCUT2D eigenvalue weighted by Crippen LogP contribution is 2.53. The largest absolute Gasteiger partial charge is 0.286 e. The summed E-state index contributed by atoms with van der Waals surface area (Å²) in [5.41, 5.74) is 0.